The molecule has 6 nitrogen and oxygen atoms in total. The zero-order chi connectivity index (χ0) is 24.6. The first-order valence-corrected chi connectivity index (χ1v) is 12.2. The number of benzene rings is 2. The number of fused-ring (bicyclic) bond motifs is 2. The Hall–Kier alpha value is -2.70. The van der Waals surface area contributed by atoms with Crippen LogP contribution in [0.15, 0.2) is 48.5 Å². The van der Waals surface area contributed by atoms with Crippen LogP contribution in [0.1, 0.15) is 56.5 Å². The van der Waals surface area contributed by atoms with Gasteiger partial charge >= 0.3 is 5.97 Å². The Bertz CT molecular complexity index is 1070. The fourth-order valence-electron chi connectivity index (χ4n) is 6.00. The van der Waals surface area contributed by atoms with Gasteiger partial charge in [-0.15, -0.1) is 0 Å². The summed E-state index contributed by atoms with van der Waals surface area (Å²) in [7, 11) is 1.59. The number of nitrogens with one attached hydrogen (secondary N) is 1. The molecule has 5 rings (SSSR count). The van der Waals surface area contributed by atoms with E-state index in [2.05, 4.69) is 26.1 Å². The summed E-state index contributed by atoms with van der Waals surface area (Å²) < 4.78 is 0. The molecular formula is C28H36N2O4. The van der Waals surface area contributed by atoms with Gasteiger partial charge in [0.25, 0.3) is 0 Å². The monoisotopic (exact) mass is 464 g/mol. The number of hydrogen-bond acceptors (Lipinski definition) is 4. The molecule has 0 spiro atoms. The number of hydroxylamine groups is 2. The molecule has 0 saturated heterocycles. The molecule has 5 atom stereocenters. The third-order valence-corrected chi connectivity index (χ3v) is 8.44. The van der Waals surface area contributed by atoms with Crippen molar-refractivity contribution >= 4 is 11.9 Å². The van der Waals surface area contributed by atoms with Crippen LogP contribution in [-0.4, -0.2) is 41.2 Å². The number of carboxylic acid groups (broad SMARTS) is 1. The Morgan fingerprint density at radius 3 is 2.44 bits per heavy atom. The van der Waals surface area contributed by atoms with Gasteiger partial charge in [-0.2, -0.15) is 5.06 Å². The van der Waals surface area contributed by atoms with Crippen molar-refractivity contribution in [3.8, 4) is 11.1 Å². The van der Waals surface area contributed by atoms with Crippen molar-refractivity contribution in [3.63, 3.8) is 0 Å². The van der Waals surface area contributed by atoms with Gasteiger partial charge in [0.1, 0.15) is 6.04 Å². The molecule has 2 aromatic rings. The van der Waals surface area contributed by atoms with Gasteiger partial charge in [0, 0.05) is 12.6 Å². The Balaban J connectivity index is 1.42. The number of hydrogen-bond donors (Lipinski definition) is 2. The van der Waals surface area contributed by atoms with E-state index in [0.29, 0.717) is 29.7 Å². The maximum atomic E-state index is 13.1. The standard InChI is InChI=1S/C28H36N2O4/c1-17-24-14-23(28(24,3)4)15-25(17)29-26(31)18(2)30(34-5)16-19-8-6-9-20(12-19)21-10-7-11-22(13-21)27(32)33/h6-13,17-18,23-25H,14-16H2,1-5H3,(H,29,31)(H,32,33)/t17-,18-,23+,24-,25-/m0/s1. The minimum Gasteiger partial charge on any atom is -0.478 e. The van der Waals surface area contributed by atoms with Gasteiger partial charge in [0.2, 0.25) is 5.91 Å². The molecule has 0 aliphatic heterocycles. The van der Waals surface area contributed by atoms with Crippen LogP contribution in [0, 0.1) is 23.2 Å². The molecule has 182 valence electrons. The molecular weight excluding hydrogens is 428 g/mol. The number of carboxylic acids is 1. The first-order valence-electron chi connectivity index (χ1n) is 12.2. The van der Waals surface area contributed by atoms with Crippen molar-refractivity contribution in [1.29, 1.82) is 0 Å². The van der Waals surface area contributed by atoms with E-state index in [4.69, 9.17) is 4.84 Å². The minimum absolute atomic E-state index is 0.0110. The van der Waals surface area contributed by atoms with Crippen molar-refractivity contribution in [2.24, 2.45) is 23.2 Å². The highest BCUT2D eigenvalue weighted by molar-refractivity contribution is 5.89. The molecule has 3 fully saturated rings. The van der Waals surface area contributed by atoms with Gasteiger partial charge in [-0.3, -0.25) is 4.79 Å². The fraction of sp³-hybridized carbons (Fsp3) is 0.500. The van der Waals surface area contributed by atoms with Crippen LogP contribution >= 0.6 is 0 Å². The molecule has 0 unspecified atom stereocenters. The van der Waals surface area contributed by atoms with E-state index in [1.165, 1.54) is 6.42 Å². The highest BCUT2D eigenvalue weighted by Gasteiger charge is 2.56. The Morgan fingerprint density at radius 2 is 1.82 bits per heavy atom. The molecule has 2 N–H and O–H groups in total. The molecule has 2 aromatic carbocycles. The van der Waals surface area contributed by atoms with E-state index in [-0.39, 0.29) is 17.5 Å². The molecule has 0 heterocycles. The van der Waals surface area contributed by atoms with Crippen LogP contribution in [0.2, 0.25) is 0 Å². The maximum absolute atomic E-state index is 13.1. The topological polar surface area (TPSA) is 78.9 Å². The number of nitrogens with zero attached hydrogens (tertiary/aromatic N) is 1. The van der Waals surface area contributed by atoms with Crippen molar-refractivity contribution < 1.29 is 19.5 Å². The molecule has 3 aliphatic carbocycles. The summed E-state index contributed by atoms with van der Waals surface area (Å²) in [4.78, 5) is 30.1. The van der Waals surface area contributed by atoms with Crippen LogP contribution in [0.4, 0.5) is 0 Å². The number of aromatic carboxylic acids is 1. The van der Waals surface area contributed by atoms with Crippen molar-refractivity contribution in [2.45, 2.75) is 59.2 Å². The number of rotatable bonds is 8. The van der Waals surface area contributed by atoms with Gasteiger partial charge in [0.05, 0.1) is 12.7 Å². The van der Waals surface area contributed by atoms with E-state index in [1.54, 1.807) is 30.4 Å². The van der Waals surface area contributed by atoms with Gasteiger partial charge in [-0.25, -0.2) is 4.79 Å². The second kappa shape index (κ2) is 9.51. The highest BCUT2D eigenvalue weighted by atomic mass is 16.7. The molecule has 2 bridgehead atoms. The smallest absolute Gasteiger partial charge is 0.335 e. The van der Waals surface area contributed by atoms with Crippen molar-refractivity contribution in [1.82, 2.24) is 10.4 Å². The van der Waals surface area contributed by atoms with Crippen molar-refractivity contribution in [3.05, 3.63) is 59.7 Å². The van der Waals surface area contributed by atoms with Crippen LogP contribution in [0.5, 0.6) is 0 Å². The summed E-state index contributed by atoms with van der Waals surface area (Å²) >= 11 is 0. The summed E-state index contributed by atoms with van der Waals surface area (Å²) in [5.74, 6) is 0.882. The summed E-state index contributed by atoms with van der Waals surface area (Å²) in [6.07, 6.45) is 2.33. The van der Waals surface area contributed by atoms with E-state index < -0.39 is 12.0 Å². The van der Waals surface area contributed by atoms with E-state index >= 15 is 0 Å². The Labute approximate surface area is 202 Å². The lowest BCUT2D eigenvalue weighted by Crippen LogP contribution is -2.61. The molecule has 6 heteroatoms. The maximum Gasteiger partial charge on any atom is 0.335 e. The van der Waals surface area contributed by atoms with E-state index in [0.717, 1.165) is 23.1 Å². The SMILES string of the molecule is CON(Cc1cccc(-c2cccc(C(=O)O)c2)c1)[C@@H](C)C(=O)N[C@H]1C[C@H]2C[C@@H]([C@@H]1C)C2(C)C. The van der Waals surface area contributed by atoms with Crippen LogP contribution in [-0.2, 0) is 16.2 Å². The lowest BCUT2D eigenvalue weighted by Gasteiger charge is -2.62. The quantitative estimate of drug-likeness (QED) is 0.538. The first-order chi connectivity index (χ1) is 16.1. The zero-order valence-corrected chi connectivity index (χ0v) is 20.7. The zero-order valence-electron chi connectivity index (χ0n) is 20.7. The lowest BCUT2D eigenvalue weighted by molar-refractivity contribution is -0.178. The number of carbonyl (C=O) groups is 2. The fourth-order valence-corrected chi connectivity index (χ4v) is 6.00. The molecule has 3 saturated carbocycles. The number of carbonyl (C=O) groups excluding carboxylic acids is 1. The van der Waals surface area contributed by atoms with Gasteiger partial charge in [-0.1, -0.05) is 51.1 Å². The van der Waals surface area contributed by atoms with Gasteiger partial charge < -0.3 is 15.3 Å². The van der Waals surface area contributed by atoms with Gasteiger partial charge in [-0.05, 0) is 77.8 Å². The Kier molecular flexibility index (Phi) is 6.83. The second-order valence-electron chi connectivity index (χ2n) is 10.6. The molecule has 0 aromatic heterocycles. The third-order valence-electron chi connectivity index (χ3n) is 8.44. The normalized spacial score (nSPS) is 25.9. The molecule has 0 radical (unpaired) electrons. The second-order valence-corrected chi connectivity index (χ2v) is 10.6. The third kappa shape index (κ3) is 4.62. The first kappa shape index (κ1) is 24.4. The predicted molar refractivity (Wildman–Crippen MR) is 132 cm³/mol. The van der Waals surface area contributed by atoms with Crippen LogP contribution in [0.25, 0.3) is 11.1 Å². The van der Waals surface area contributed by atoms with E-state index in [9.17, 15) is 14.7 Å². The average molecular weight is 465 g/mol. The summed E-state index contributed by atoms with van der Waals surface area (Å²) in [6, 6.07) is 14.6. The van der Waals surface area contributed by atoms with Crippen molar-refractivity contribution in [2.75, 3.05) is 7.11 Å². The average Bonchev–Trinajstić information content (AvgIpc) is 2.83. The summed E-state index contributed by atoms with van der Waals surface area (Å²) in [6.45, 7) is 9.31. The van der Waals surface area contributed by atoms with Crippen LogP contribution < -0.4 is 5.32 Å². The summed E-state index contributed by atoms with van der Waals surface area (Å²) in [5, 5.41) is 14.3. The summed E-state index contributed by atoms with van der Waals surface area (Å²) in [5.41, 5.74) is 3.38. The molecule has 1 amide bonds. The molecule has 3 aliphatic rings. The number of amides is 1. The van der Waals surface area contributed by atoms with Gasteiger partial charge in [0.15, 0.2) is 0 Å². The van der Waals surface area contributed by atoms with E-state index in [1.807, 2.05) is 37.3 Å². The molecule has 34 heavy (non-hydrogen) atoms. The Morgan fingerprint density at radius 1 is 1.15 bits per heavy atom. The lowest BCUT2D eigenvalue weighted by atomic mass is 9.45. The highest BCUT2D eigenvalue weighted by Crippen LogP contribution is 2.61. The largest absolute Gasteiger partial charge is 0.478 e. The van der Waals surface area contributed by atoms with Crippen LogP contribution in [0.3, 0.4) is 0 Å². The predicted octanol–water partition coefficient (Wildman–Crippen LogP) is 4.99. The minimum atomic E-state index is -0.948.